The Morgan fingerprint density at radius 1 is 0.714 bits per heavy atom. The average molecular weight is 242 g/mol. The summed E-state index contributed by atoms with van der Waals surface area (Å²) in [7, 11) is 0.649. The van der Waals surface area contributed by atoms with Crippen LogP contribution < -0.4 is 0 Å². The van der Waals surface area contributed by atoms with E-state index in [9.17, 15) is 17.6 Å². The SMILES string of the molecule is FC(F)C[Si]CCCC[Si]CC(F)F. The molecule has 0 unspecified atom stereocenters. The summed E-state index contributed by atoms with van der Waals surface area (Å²) in [6, 6.07) is 1.64. The maximum absolute atomic E-state index is 11.7. The molecular weight excluding hydrogens is 228 g/mol. The molecule has 0 aromatic carbocycles. The Morgan fingerprint density at radius 3 is 1.36 bits per heavy atom. The van der Waals surface area contributed by atoms with Crippen molar-refractivity contribution in [2.24, 2.45) is 0 Å². The molecule has 0 aliphatic rings. The van der Waals surface area contributed by atoms with Gasteiger partial charge in [0, 0.05) is 19.0 Å². The summed E-state index contributed by atoms with van der Waals surface area (Å²) in [6.07, 6.45) is -2.56. The van der Waals surface area contributed by atoms with Gasteiger partial charge in [-0.15, -0.1) is 0 Å². The molecule has 0 nitrogen and oxygen atoms in total. The highest BCUT2D eigenvalue weighted by atomic mass is 28.2. The molecule has 0 saturated carbocycles. The van der Waals surface area contributed by atoms with Gasteiger partial charge in [0.2, 0.25) is 12.9 Å². The summed E-state index contributed by atoms with van der Waals surface area (Å²) in [6.45, 7) is 0. The molecule has 0 aromatic heterocycles. The van der Waals surface area contributed by atoms with Crippen LogP contribution in [0.2, 0.25) is 24.2 Å². The molecule has 0 fully saturated rings. The van der Waals surface area contributed by atoms with E-state index in [1.807, 2.05) is 0 Å². The smallest absolute Gasteiger partial charge is 0.211 e. The second kappa shape index (κ2) is 9.70. The van der Waals surface area contributed by atoms with Crippen LogP contribution in [0, 0.1) is 0 Å². The van der Waals surface area contributed by atoms with Crippen LogP contribution in [-0.4, -0.2) is 31.9 Å². The highest BCUT2D eigenvalue weighted by Gasteiger charge is 2.03. The topological polar surface area (TPSA) is 0 Å². The molecule has 0 N–H and O–H groups in total. The predicted octanol–water partition coefficient (Wildman–Crippen LogP) is 3.38. The molecule has 0 spiro atoms. The van der Waals surface area contributed by atoms with Crippen molar-refractivity contribution in [1.29, 1.82) is 0 Å². The van der Waals surface area contributed by atoms with Gasteiger partial charge in [0.05, 0.1) is 0 Å². The highest BCUT2D eigenvalue weighted by Crippen LogP contribution is 2.07. The van der Waals surface area contributed by atoms with Crippen molar-refractivity contribution < 1.29 is 17.6 Å². The molecule has 0 saturated heterocycles. The van der Waals surface area contributed by atoms with E-state index >= 15 is 0 Å². The summed E-state index contributed by atoms with van der Waals surface area (Å²) in [5.74, 6) is 0. The number of hydrogen-bond donors (Lipinski definition) is 0. The quantitative estimate of drug-likeness (QED) is 0.330. The third kappa shape index (κ3) is 12.2. The Balaban J connectivity index is 2.92. The lowest BCUT2D eigenvalue weighted by atomic mass is 10.4. The minimum absolute atomic E-state index is 0.000675. The zero-order valence-electron chi connectivity index (χ0n) is 7.91. The fourth-order valence-electron chi connectivity index (χ4n) is 0.922. The van der Waals surface area contributed by atoms with E-state index in [4.69, 9.17) is 0 Å². The largest absolute Gasteiger partial charge is 0.235 e. The fourth-order valence-corrected chi connectivity index (χ4v) is 2.77. The summed E-state index contributed by atoms with van der Waals surface area (Å²) in [5, 5.41) is 0. The number of hydrogen-bond acceptors (Lipinski definition) is 0. The van der Waals surface area contributed by atoms with E-state index in [0.717, 1.165) is 24.9 Å². The molecule has 0 rings (SSSR count). The zero-order chi connectivity index (χ0) is 10.8. The lowest BCUT2D eigenvalue weighted by Crippen LogP contribution is -1.99. The van der Waals surface area contributed by atoms with Crippen molar-refractivity contribution in [1.82, 2.24) is 0 Å². The Kier molecular flexibility index (Phi) is 9.81. The average Bonchev–Trinajstić information content (AvgIpc) is 2.08. The van der Waals surface area contributed by atoms with E-state index < -0.39 is 12.9 Å². The number of halogens is 4. The first-order valence-electron chi connectivity index (χ1n) is 4.60. The van der Waals surface area contributed by atoms with Gasteiger partial charge < -0.3 is 0 Å². The molecular formula is C8H14F4Si2. The van der Waals surface area contributed by atoms with Gasteiger partial charge in [0.25, 0.3) is 0 Å². The van der Waals surface area contributed by atoms with Crippen LogP contribution in [0.4, 0.5) is 17.6 Å². The lowest BCUT2D eigenvalue weighted by molar-refractivity contribution is 0.170. The standard InChI is InChI=1S/C8H14F4Si2/c9-7(10)5-13-3-1-2-4-14-6-8(11)12/h7-8H,1-6H2. The van der Waals surface area contributed by atoms with E-state index in [0.29, 0.717) is 19.0 Å². The van der Waals surface area contributed by atoms with Crippen molar-refractivity contribution in [2.45, 2.75) is 49.9 Å². The maximum Gasteiger partial charge on any atom is 0.235 e. The molecule has 82 valence electrons. The minimum Gasteiger partial charge on any atom is -0.211 e. The third-order valence-corrected chi connectivity index (χ3v) is 4.16. The van der Waals surface area contributed by atoms with E-state index in [2.05, 4.69) is 0 Å². The molecule has 0 amide bonds. The number of unbranched alkanes of at least 4 members (excludes halogenated alkanes) is 1. The Labute approximate surface area is 87.1 Å². The highest BCUT2D eigenvalue weighted by molar-refractivity contribution is 6.36. The summed E-state index contributed by atoms with van der Waals surface area (Å²) in [5.41, 5.74) is 0. The summed E-state index contributed by atoms with van der Waals surface area (Å²) >= 11 is 0. The van der Waals surface area contributed by atoms with E-state index in [-0.39, 0.29) is 12.1 Å². The van der Waals surface area contributed by atoms with Gasteiger partial charge in [-0.25, -0.2) is 17.6 Å². The summed E-state index contributed by atoms with van der Waals surface area (Å²) in [4.78, 5) is 0. The molecule has 0 bridgehead atoms. The first kappa shape index (κ1) is 14.2. The third-order valence-electron chi connectivity index (χ3n) is 1.55. The molecule has 0 aliphatic carbocycles. The van der Waals surface area contributed by atoms with Crippen molar-refractivity contribution in [2.75, 3.05) is 0 Å². The van der Waals surface area contributed by atoms with E-state index in [1.54, 1.807) is 0 Å². The normalized spacial score (nSPS) is 11.6. The van der Waals surface area contributed by atoms with Gasteiger partial charge in [-0.3, -0.25) is 0 Å². The van der Waals surface area contributed by atoms with Crippen LogP contribution in [-0.2, 0) is 0 Å². The first-order chi connectivity index (χ1) is 6.63. The Morgan fingerprint density at radius 2 is 1.07 bits per heavy atom. The van der Waals surface area contributed by atoms with Gasteiger partial charge in [-0.05, 0) is 12.1 Å². The van der Waals surface area contributed by atoms with Crippen molar-refractivity contribution in [3.8, 4) is 0 Å². The van der Waals surface area contributed by atoms with Gasteiger partial charge in [-0.1, -0.05) is 24.9 Å². The van der Waals surface area contributed by atoms with Crippen LogP contribution in [0.3, 0.4) is 0 Å². The van der Waals surface area contributed by atoms with Crippen LogP contribution in [0.25, 0.3) is 0 Å². The van der Waals surface area contributed by atoms with Gasteiger partial charge in [0.1, 0.15) is 0 Å². The zero-order valence-corrected chi connectivity index (χ0v) is 9.91. The van der Waals surface area contributed by atoms with E-state index in [1.165, 1.54) is 0 Å². The first-order valence-corrected chi connectivity index (χ1v) is 7.43. The summed E-state index contributed by atoms with van der Waals surface area (Å²) < 4.78 is 46.7. The van der Waals surface area contributed by atoms with Crippen molar-refractivity contribution in [3.63, 3.8) is 0 Å². The Bertz CT molecular complexity index is 108. The lowest BCUT2D eigenvalue weighted by Gasteiger charge is -2.00. The minimum atomic E-state index is -2.19. The molecule has 0 atom stereocenters. The van der Waals surface area contributed by atoms with Crippen molar-refractivity contribution >= 4 is 19.0 Å². The molecule has 0 aromatic rings. The van der Waals surface area contributed by atoms with Crippen LogP contribution in [0.1, 0.15) is 12.8 Å². The predicted molar refractivity (Wildman–Crippen MR) is 52.0 cm³/mol. The van der Waals surface area contributed by atoms with Crippen LogP contribution >= 0.6 is 0 Å². The molecule has 4 radical (unpaired) electrons. The second-order valence-electron chi connectivity index (χ2n) is 2.90. The second-order valence-corrected chi connectivity index (χ2v) is 5.71. The van der Waals surface area contributed by atoms with Gasteiger partial charge >= 0.3 is 0 Å². The molecule has 0 aliphatic heterocycles. The number of rotatable bonds is 9. The van der Waals surface area contributed by atoms with Crippen molar-refractivity contribution in [3.05, 3.63) is 0 Å². The molecule has 0 heterocycles. The number of alkyl halides is 4. The van der Waals surface area contributed by atoms with Gasteiger partial charge in [0.15, 0.2) is 0 Å². The fraction of sp³-hybridized carbons (Fsp3) is 1.00. The Hall–Kier alpha value is 0.154. The molecule has 14 heavy (non-hydrogen) atoms. The maximum atomic E-state index is 11.7. The van der Waals surface area contributed by atoms with Crippen LogP contribution in [0.15, 0.2) is 0 Å². The monoisotopic (exact) mass is 242 g/mol. The van der Waals surface area contributed by atoms with Gasteiger partial charge in [-0.2, -0.15) is 0 Å². The molecule has 6 heteroatoms. The van der Waals surface area contributed by atoms with Crippen LogP contribution in [0.5, 0.6) is 0 Å².